The van der Waals surface area contributed by atoms with E-state index >= 15 is 0 Å². The van der Waals surface area contributed by atoms with Crippen molar-refractivity contribution in [3.8, 4) is 0 Å². The maximum Gasteiger partial charge on any atom is 0.132 e. The van der Waals surface area contributed by atoms with Crippen molar-refractivity contribution in [1.82, 2.24) is 10.3 Å². The lowest BCUT2D eigenvalue weighted by molar-refractivity contribution is 0.589. The van der Waals surface area contributed by atoms with Crippen LogP contribution in [-0.2, 0) is 0 Å². The van der Waals surface area contributed by atoms with Crippen LogP contribution >= 0.6 is 0 Å². The second-order valence-corrected chi connectivity index (χ2v) is 5.00. The van der Waals surface area contributed by atoms with Gasteiger partial charge in [-0.25, -0.2) is 4.98 Å². The van der Waals surface area contributed by atoms with Crippen LogP contribution in [-0.4, -0.2) is 38.2 Å². The Bertz CT molecular complexity index is 549. The van der Waals surface area contributed by atoms with Gasteiger partial charge in [0.1, 0.15) is 5.82 Å². The molecule has 1 aromatic heterocycles. The highest BCUT2D eigenvalue weighted by Gasteiger charge is 2.12. The fourth-order valence-electron chi connectivity index (χ4n) is 2.51. The van der Waals surface area contributed by atoms with Crippen LogP contribution in [0.25, 0.3) is 0 Å². The summed E-state index contributed by atoms with van der Waals surface area (Å²) >= 11 is 0. The molecule has 0 aliphatic carbocycles. The van der Waals surface area contributed by atoms with Crippen molar-refractivity contribution in [2.45, 2.75) is 0 Å². The molecule has 1 aliphatic heterocycles. The van der Waals surface area contributed by atoms with Gasteiger partial charge in [0.25, 0.3) is 0 Å². The minimum absolute atomic E-state index is 0.963. The monoisotopic (exact) mass is 268 g/mol. The van der Waals surface area contributed by atoms with E-state index in [4.69, 9.17) is 0 Å². The quantitative estimate of drug-likeness (QED) is 0.925. The highest BCUT2D eigenvalue weighted by atomic mass is 15.2. The fourth-order valence-corrected chi connectivity index (χ4v) is 2.51. The Balaban J connectivity index is 1.83. The maximum atomic E-state index is 4.40. The summed E-state index contributed by atoms with van der Waals surface area (Å²) < 4.78 is 0. The number of hydrogen-bond acceptors (Lipinski definition) is 4. The maximum absolute atomic E-state index is 4.40. The number of piperazine rings is 1. The molecule has 1 aromatic carbocycles. The van der Waals surface area contributed by atoms with Gasteiger partial charge in [-0.3, -0.25) is 0 Å². The van der Waals surface area contributed by atoms with E-state index in [1.165, 1.54) is 11.4 Å². The highest BCUT2D eigenvalue weighted by molar-refractivity contribution is 5.65. The van der Waals surface area contributed by atoms with Gasteiger partial charge >= 0.3 is 0 Å². The fraction of sp³-hybridized carbons (Fsp3) is 0.312. The van der Waals surface area contributed by atoms with Crippen LogP contribution in [0.4, 0.5) is 17.2 Å². The molecule has 4 heteroatoms. The SMILES string of the molecule is CN(c1cccc(N2CCNCC2)c1)c1ccccn1. The Morgan fingerprint density at radius 2 is 1.95 bits per heavy atom. The van der Waals surface area contributed by atoms with E-state index in [0.717, 1.165) is 32.0 Å². The summed E-state index contributed by atoms with van der Waals surface area (Å²) in [5, 5.41) is 3.39. The van der Waals surface area contributed by atoms with Gasteiger partial charge in [0.15, 0.2) is 0 Å². The number of nitrogens with one attached hydrogen (secondary N) is 1. The van der Waals surface area contributed by atoms with Crippen molar-refractivity contribution < 1.29 is 0 Å². The highest BCUT2D eigenvalue weighted by Crippen LogP contribution is 2.26. The van der Waals surface area contributed by atoms with Gasteiger partial charge in [0.2, 0.25) is 0 Å². The summed E-state index contributed by atoms with van der Waals surface area (Å²) in [7, 11) is 2.05. The van der Waals surface area contributed by atoms with E-state index in [2.05, 4.69) is 51.4 Å². The molecule has 20 heavy (non-hydrogen) atoms. The van der Waals surface area contributed by atoms with Gasteiger partial charge in [-0.2, -0.15) is 0 Å². The lowest BCUT2D eigenvalue weighted by Crippen LogP contribution is -2.43. The van der Waals surface area contributed by atoms with Crippen molar-refractivity contribution in [3.05, 3.63) is 48.7 Å². The molecule has 1 saturated heterocycles. The predicted molar refractivity (Wildman–Crippen MR) is 83.8 cm³/mol. The molecule has 0 unspecified atom stereocenters. The standard InChI is InChI=1S/C16H20N4/c1-19(16-7-2-3-8-18-16)14-5-4-6-15(13-14)20-11-9-17-10-12-20/h2-8,13,17H,9-12H2,1H3. The third-order valence-electron chi connectivity index (χ3n) is 3.69. The molecular weight excluding hydrogens is 248 g/mol. The minimum atomic E-state index is 0.963. The summed E-state index contributed by atoms with van der Waals surface area (Å²) in [6.45, 7) is 4.24. The van der Waals surface area contributed by atoms with E-state index in [1.807, 2.05) is 24.4 Å². The molecule has 0 amide bonds. The number of anilines is 3. The summed E-state index contributed by atoms with van der Waals surface area (Å²) in [6.07, 6.45) is 1.83. The van der Waals surface area contributed by atoms with Gasteiger partial charge in [-0.05, 0) is 30.3 Å². The van der Waals surface area contributed by atoms with Gasteiger partial charge in [-0.15, -0.1) is 0 Å². The van der Waals surface area contributed by atoms with E-state index in [0.29, 0.717) is 0 Å². The van der Waals surface area contributed by atoms with Crippen molar-refractivity contribution in [3.63, 3.8) is 0 Å². The molecule has 1 N–H and O–H groups in total. The molecule has 1 aliphatic rings. The van der Waals surface area contributed by atoms with Crippen molar-refractivity contribution >= 4 is 17.2 Å². The Labute approximate surface area is 120 Å². The number of benzene rings is 1. The lowest BCUT2D eigenvalue weighted by Gasteiger charge is -2.30. The summed E-state index contributed by atoms with van der Waals surface area (Å²) in [5.74, 6) is 0.963. The number of hydrogen-bond donors (Lipinski definition) is 1. The average Bonchev–Trinajstić information content (AvgIpc) is 2.56. The predicted octanol–water partition coefficient (Wildman–Crippen LogP) is 2.26. The molecule has 1 fully saturated rings. The first-order chi connectivity index (χ1) is 9.84. The van der Waals surface area contributed by atoms with E-state index in [-0.39, 0.29) is 0 Å². The van der Waals surface area contributed by atoms with E-state index in [9.17, 15) is 0 Å². The smallest absolute Gasteiger partial charge is 0.132 e. The zero-order chi connectivity index (χ0) is 13.8. The average molecular weight is 268 g/mol. The molecule has 0 saturated carbocycles. The summed E-state index contributed by atoms with van der Waals surface area (Å²) in [5.41, 5.74) is 2.45. The third-order valence-corrected chi connectivity index (χ3v) is 3.69. The van der Waals surface area contributed by atoms with Crippen LogP contribution in [0.15, 0.2) is 48.7 Å². The lowest BCUT2D eigenvalue weighted by atomic mass is 10.2. The molecular formula is C16H20N4. The first kappa shape index (κ1) is 12.9. The Kier molecular flexibility index (Phi) is 3.83. The van der Waals surface area contributed by atoms with Crippen molar-refractivity contribution in [2.24, 2.45) is 0 Å². The first-order valence-corrected chi connectivity index (χ1v) is 7.05. The molecule has 104 valence electrons. The molecule has 0 spiro atoms. The van der Waals surface area contributed by atoms with Crippen LogP contribution in [0.1, 0.15) is 0 Å². The molecule has 4 nitrogen and oxygen atoms in total. The van der Waals surface area contributed by atoms with Crippen LogP contribution < -0.4 is 15.1 Å². The number of pyridine rings is 1. The normalized spacial score (nSPS) is 15.2. The summed E-state index contributed by atoms with van der Waals surface area (Å²) in [4.78, 5) is 8.94. The Hall–Kier alpha value is -2.07. The molecule has 0 bridgehead atoms. The molecule has 2 heterocycles. The molecule has 0 radical (unpaired) electrons. The number of nitrogens with zero attached hydrogens (tertiary/aromatic N) is 3. The third kappa shape index (κ3) is 2.75. The molecule has 3 rings (SSSR count). The van der Waals surface area contributed by atoms with Gasteiger partial charge in [0.05, 0.1) is 0 Å². The van der Waals surface area contributed by atoms with Crippen molar-refractivity contribution in [1.29, 1.82) is 0 Å². The van der Waals surface area contributed by atoms with E-state index in [1.54, 1.807) is 0 Å². The van der Waals surface area contributed by atoms with Gasteiger partial charge < -0.3 is 15.1 Å². The van der Waals surface area contributed by atoms with Crippen LogP contribution in [0.2, 0.25) is 0 Å². The topological polar surface area (TPSA) is 31.4 Å². The second kappa shape index (κ2) is 5.92. The second-order valence-electron chi connectivity index (χ2n) is 5.00. The first-order valence-electron chi connectivity index (χ1n) is 7.05. The van der Waals surface area contributed by atoms with Crippen LogP contribution in [0.5, 0.6) is 0 Å². The number of rotatable bonds is 3. The molecule has 0 atom stereocenters. The van der Waals surface area contributed by atoms with Gasteiger partial charge in [-0.1, -0.05) is 12.1 Å². The largest absolute Gasteiger partial charge is 0.369 e. The minimum Gasteiger partial charge on any atom is -0.369 e. The zero-order valence-electron chi connectivity index (χ0n) is 11.8. The summed E-state index contributed by atoms with van der Waals surface area (Å²) in [6, 6.07) is 14.6. The van der Waals surface area contributed by atoms with Crippen LogP contribution in [0, 0.1) is 0 Å². The van der Waals surface area contributed by atoms with Crippen LogP contribution in [0.3, 0.4) is 0 Å². The Morgan fingerprint density at radius 1 is 1.10 bits per heavy atom. The molecule has 2 aromatic rings. The van der Waals surface area contributed by atoms with Crippen molar-refractivity contribution in [2.75, 3.05) is 43.0 Å². The van der Waals surface area contributed by atoms with E-state index < -0.39 is 0 Å². The zero-order valence-corrected chi connectivity index (χ0v) is 11.8. The Morgan fingerprint density at radius 3 is 2.70 bits per heavy atom. The number of aromatic nitrogens is 1. The van der Waals surface area contributed by atoms with Gasteiger partial charge in [0, 0.05) is 50.8 Å².